The zero-order valence-electron chi connectivity index (χ0n) is 18.3. The van der Waals surface area contributed by atoms with Gasteiger partial charge in [0.2, 0.25) is 0 Å². The number of anilines is 1. The molecule has 1 aromatic heterocycles. The number of hydroxylamine groups is 2. The third kappa shape index (κ3) is 6.35. The van der Waals surface area contributed by atoms with Gasteiger partial charge in [-0.2, -0.15) is 18.2 Å². The summed E-state index contributed by atoms with van der Waals surface area (Å²) >= 11 is 1.23. The Hall–Kier alpha value is -3.48. The standard InChI is InChI=1S/C23H21F3N4O4S/c24-23(25,26)16-13-15(18(31)7-8-29-9-11-30(33)12-10-29)5-6-19(16)34-14-21(32)28-22-27-17-3-1-2-4-20(17)35-22/h1-8,13,33H,9-12,14H2,(H,27,28,32)/b8-7+. The highest BCUT2D eigenvalue weighted by molar-refractivity contribution is 7.22. The second kappa shape index (κ2) is 10.4. The van der Waals surface area contributed by atoms with E-state index in [-0.39, 0.29) is 5.56 Å². The molecule has 0 spiro atoms. The van der Waals surface area contributed by atoms with Gasteiger partial charge >= 0.3 is 6.18 Å². The number of piperazine rings is 1. The van der Waals surface area contributed by atoms with E-state index in [0.29, 0.717) is 42.9 Å². The van der Waals surface area contributed by atoms with Crippen LogP contribution in [0.4, 0.5) is 18.3 Å². The number of benzene rings is 2. The fourth-order valence-electron chi connectivity index (χ4n) is 3.38. The Morgan fingerprint density at radius 2 is 1.89 bits per heavy atom. The molecule has 2 aromatic carbocycles. The van der Waals surface area contributed by atoms with Crippen molar-refractivity contribution in [2.45, 2.75) is 6.18 Å². The maximum Gasteiger partial charge on any atom is 0.419 e. The van der Waals surface area contributed by atoms with Crippen LogP contribution in [0.15, 0.2) is 54.7 Å². The van der Waals surface area contributed by atoms with E-state index in [2.05, 4.69) is 10.3 Å². The molecule has 184 valence electrons. The summed E-state index contributed by atoms with van der Waals surface area (Å²) in [6.45, 7) is 1.10. The fourth-order valence-corrected chi connectivity index (χ4v) is 4.27. The number of amides is 1. The lowest BCUT2D eigenvalue weighted by atomic mass is 10.1. The number of nitrogens with zero attached hydrogens (tertiary/aromatic N) is 3. The zero-order chi connectivity index (χ0) is 25.0. The number of hydrogen-bond acceptors (Lipinski definition) is 8. The average molecular weight is 507 g/mol. The number of ether oxygens (including phenoxy) is 1. The number of fused-ring (bicyclic) bond motifs is 1. The Morgan fingerprint density at radius 1 is 1.14 bits per heavy atom. The van der Waals surface area contributed by atoms with Gasteiger partial charge in [-0.15, -0.1) is 0 Å². The fraction of sp³-hybridized carbons (Fsp3) is 0.261. The molecule has 0 atom stereocenters. The second-order valence-electron chi connectivity index (χ2n) is 7.70. The SMILES string of the molecule is O=C(COc1ccc(C(=O)/C=C/N2CCN(O)CC2)cc1C(F)(F)F)Nc1nc2ccccc2s1. The van der Waals surface area contributed by atoms with Gasteiger partial charge in [0.05, 0.1) is 15.8 Å². The Balaban J connectivity index is 1.41. The number of carbonyl (C=O) groups is 2. The number of thiazole rings is 1. The summed E-state index contributed by atoms with van der Waals surface area (Å²) in [6.07, 6.45) is -2.11. The van der Waals surface area contributed by atoms with Crippen molar-refractivity contribution in [1.29, 1.82) is 0 Å². The van der Waals surface area contributed by atoms with Gasteiger partial charge in [-0.05, 0) is 30.3 Å². The van der Waals surface area contributed by atoms with Gasteiger partial charge in [-0.25, -0.2) is 4.98 Å². The molecule has 2 heterocycles. The smallest absolute Gasteiger partial charge is 0.419 e. The molecular weight excluding hydrogens is 485 g/mol. The molecule has 2 N–H and O–H groups in total. The molecule has 0 saturated carbocycles. The molecule has 3 aromatic rings. The number of para-hydroxylation sites is 1. The third-order valence-electron chi connectivity index (χ3n) is 5.20. The van der Waals surface area contributed by atoms with Crippen molar-refractivity contribution in [3.63, 3.8) is 0 Å². The highest BCUT2D eigenvalue weighted by Gasteiger charge is 2.35. The molecule has 0 aliphatic carbocycles. The Labute approximate surface area is 202 Å². The summed E-state index contributed by atoms with van der Waals surface area (Å²) in [4.78, 5) is 30.7. The third-order valence-corrected chi connectivity index (χ3v) is 6.15. The lowest BCUT2D eigenvalue weighted by Gasteiger charge is -2.29. The van der Waals surface area contributed by atoms with E-state index >= 15 is 0 Å². The van der Waals surface area contributed by atoms with Crippen molar-refractivity contribution in [3.8, 4) is 5.75 Å². The largest absolute Gasteiger partial charge is 0.483 e. The van der Waals surface area contributed by atoms with E-state index in [1.165, 1.54) is 29.7 Å². The topological polar surface area (TPSA) is 95.0 Å². The lowest BCUT2D eigenvalue weighted by Crippen LogP contribution is -2.42. The molecule has 4 rings (SSSR count). The van der Waals surface area contributed by atoms with Crippen LogP contribution in [0.1, 0.15) is 15.9 Å². The molecule has 12 heteroatoms. The van der Waals surface area contributed by atoms with Crippen molar-refractivity contribution in [3.05, 3.63) is 65.9 Å². The van der Waals surface area contributed by atoms with Crippen molar-refractivity contribution >= 4 is 38.4 Å². The van der Waals surface area contributed by atoms with E-state index in [4.69, 9.17) is 4.74 Å². The van der Waals surface area contributed by atoms with Crippen LogP contribution in [0, 0.1) is 0 Å². The molecule has 0 unspecified atom stereocenters. The first kappa shape index (κ1) is 24.6. The zero-order valence-corrected chi connectivity index (χ0v) is 19.1. The summed E-state index contributed by atoms with van der Waals surface area (Å²) in [5.41, 5.74) is -0.628. The molecule has 1 aliphatic heterocycles. The van der Waals surface area contributed by atoms with Gasteiger partial charge in [0, 0.05) is 44.0 Å². The number of hydrogen-bond donors (Lipinski definition) is 2. The Kier molecular flexibility index (Phi) is 7.34. The van der Waals surface area contributed by atoms with Crippen LogP contribution in [0.3, 0.4) is 0 Å². The van der Waals surface area contributed by atoms with Crippen molar-refractivity contribution < 1.29 is 32.7 Å². The minimum absolute atomic E-state index is 0.166. The monoisotopic (exact) mass is 506 g/mol. The Morgan fingerprint density at radius 3 is 2.60 bits per heavy atom. The predicted molar refractivity (Wildman–Crippen MR) is 124 cm³/mol. The van der Waals surface area contributed by atoms with E-state index in [1.54, 1.807) is 17.0 Å². The summed E-state index contributed by atoms with van der Waals surface area (Å²) in [7, 11) is 0. The number of halogens is 3. The maximum absolute atomic E-state index is 13.6. The molecule has 8 nitrogen and oxygen atoms in total. The number of ketones is 1. The highest BCUT2D eigenvalue weighted by atomic mass is 32.1. The molecule has 1 fully saturated rings. The number of rotatable bonds is 7. The minimum Gasteiger partial charge on any atom is -0.483 e. The van der Waals surface area contributed by atoms with Gasteiger partial charge in [-0.1, -0.05) is 23.5 Å². The first-order chi connectivity index (χ1) is 16.7. The first-order valence-corrected chi connectivity index (χ1v) is 11.4. The van der Waals surface area contributed by atoms with Crippen LogP contribution in [0.2, 0.25) is 0 Å². The van der Waals surface area contributed by atoms with Crippen LogP contribution in [0.25, 0.3) is 10.2 Å². The van der Waals surface area contributed by atoms with Crippen LogP contribution in [0.5, 0.6) is 5.75 Å². The van der Waals surface area contributed by atoms with E-state index < -0.39 is 35.8 Å². The van der Waals surface area contributed by atoms with Crippen LogP contribution in [-0.2, 0) is 11.0 Å². The molecule has 0 bridgehead atoms. The predicted octanol–water partition coefficient (Wildman–Crippen LogP) is 4.04. The van der Waals surface area contributed by atoms with E-state index in [0.717, 1.165) is 15.8 Å². The molecule has 1 amide bonds. The van der Waals surface area contributed by atoms with Crippen LogP contribution in [-0.4, -0.2) is 64.6 Å². The van der Waals surface area contributed by atoms with Crippen LogP contribution >= 0.6 is 11.3 Å². The van der Waals surface area contributed by atoms with Crippen molar-refractivity contribution in [2.75, 3.05) is 38.1 Å². The van der Waals surface area contributed by atoms with Crippen LogP contribution < -0.4 is 10.1 Å². The maximum atomic E-state index is 13.6. The number of nitrogens with one attached hydrogen (secondary N) is 1. The average Bonchev–Trinajstić information content (AvgIpc) is 3.23. The normalized spacial score (nSPS) is 15.0. The first-order valence-electron chi connectivity index (χ1n) is 10.6. The summed E-state index contributed by atoms with van der Waals surface area (Å²) in [5.74, 6) is -1.83. The van der Waals surface area contributed by atoms with Crippen molar-refractivity contribution in [2.24, 2.45) is 0 Å². The summed E-state index contributed by atoms with van der Waals surface area (Å²) < 4.78 is 46.9. The van der Waals surface area contributed by atoms with Gasteiger partial charge < -0.3 is 14.8 Å². The Bertz CT molecular complexity index is 1220. The second-order valence-corrected chi connectivity index (χ2v) is 8.73. The number of aromatic nitrogens is 1. The van der Waals surface area contributed by atoms with E-state index in [1.807, 2.05) is 12.1 Å². The van der Waals surface area contributed by atoms with E-state index in [9.17, 15) is 28.0 Å². The molecule has 1 aliphatic rings. The molecule has 0 radical (unpaired) electrons. The highest BCUT2D eigenvalue weighted by Crippen LogP contribution is 2.37. The number of allylic oxidation sites excluding steroid dienone is 1. The molecule has 1 saturated heterocycles. The summed E-state index contributed by atoms with van der Waals surface area (Å²) in [5, 5.41) is 13.3. The summed E-state index contributed by atoms with van der Waals surface area (Å²) in [6, 6.07) is 10.2. The van der Waals surface area contributed by atoms with Crippen molar-refractivity contribution in [1.82, 2.24) is 14.9 Å². The molecular formula is C23H21F3N4O4S. The quantitative estimate of drug-likeness (QED) is 0.369. The number of alkyl halides is 3. The minimum atomic E-state index is -4.80. The lowest BCUT2D eigenvalue weighted by molar-refractivity contribution is -0.139. The number of carbonyl (C=O) groups excluding carboxylic acids is 2. The van der Waals surface area contributed by atoms with Gasteiger partial charge in [0.1, 0.15) is 5.75 Å². The molecule has 35 heavy (non-hydrogen) atoms. The van der Waals surface area contributed by atoms with Gasteiger partial charge in [0.15, 0.2) is 17.5 Å². The van der Waals surface area contributed by atoms with Gasteiger partial charge in [-0.3, -0.25) is 14.9 Å². The van der Waals surface area contributed by atoms with Gasteiger partial charge in [0.25, 0.3) is 5.91 Å².